The number of rotatable bonds is 2. The highest BCUT2D eigenvalue weighted by Gasteiger charge is 1.65. The van der Waals surface area contributed by atoms with E-state index in [-0.39, 0.29) is 0 Å². The lowest BCUT2D eigenvalue weighted by molar-refractivity contribution is -0.134. The number of ether oxygens (including phenoxy) is 1. The van der Waals surface area contributed by atoms with Crippen molar-refractivity contribution in [2.45, 2.75) is 27.7 Å². The van der Waals surface area contributed by atoms with Crippen LogP contribution in [0.15, 0.2) is 12.7 Å². The van der Waals surface area contributed by atoms with E-state index in [2.05, 4.69) is 6.58 Å². The normalized spacial score (nSPS) is 6.67. The highest BCUT2D eigenvalue weighted by molar-refractivity contribution is 5.62. The van der Waals surface area contributed by atoms with Gasteiger partial charge in [-0.2, -0.15) is 0 Å². The molecule has 0 unspecified atom stereocenters. The number of aliphatic carboxylic acids is 1. The van der Waals surface area contributed by atoms with Gasteiger partial charge in [0.25, 0.3) is 5.97 Å². The van der Waals surface area contributed by atoms with E-state index >= 15 is 0 Å². The Labute approximate surface area is 75.1 Å². The van der Waals surface area contributed by atoms with Crippen molar-refractivity contribution in [1.82, 2.24) is 0 Å². The Bertz CT molecular complexity index is 83.8. The summed E-state index contributed by atoms with van der Waals surface area (Å²) in [5.41, 5.74) is 0. The summed E-state index contributed by atoms with van der Waals surface area (Å²) >= 11 is 0. The molecule has 0 saturated heterocycles. The van der Waals surface area contributed by atoms with Crippen LogP contribution in [0.1, 0.15) is 27.7 Å². The molecule has 74 valence electrons. The van der Waals surface area contributed by atoms with E-state index in [1.54, 1.807) is 6.08 Å². The summed E-state index contributed by atoms with van der Waals surface area (Å²) in [6, 6.07) is 0. The molecule has 3 nitrogen and oxygen atoms in total. The van der Waals surface area contributed by atoms with Crippen molar-refractivity contribution < 1.29 is 14.6 Å². The van der Waals surface area contributed by atoms with E-state index in [4.69, 9.17) is 14.6 Å². The molecule has 3 heteroatoms. The standard InChI is InChI=1S/C4H10O.C3H6.C2H4O2/c1-3-5-4-2;1-3-2;1-2(3)4/h3-4H2,1-2H3;3H,1H2,2H3;1H3,(H,3,4). The number of hydrogen-bond donors (Lipinski definition) is 1. The minimum atomic E-state index is -0.833. The minimum absolute atomic E-state index is 0.833. The van der Waals surface area contributed by atoms with Gasteiger partial charge in [-0.25, -0.2) is 0 Å². The van der Waals surface area contributed by atoms with Gasteiger partial charge in [0.2, 0.25) is 0 Å². The average Bonchev–Trinajstić information content (AvgIpc) is 1.89. The molecule has 0 rings (SSSR count). The second-order valence-electron chi connectivity index (χ2n) is 1.71. The Balaban J connectivity index is -0.000000105. The Morgan fingerprint density at radius 3 is 1.67 bits per heavy atom. The van der Waals surface area contributed by atoms with Gasteiger partial charge in [0.1, 0.15) is 0 Å². The van der Waals surface area contributed by atoms with Crippen LogP contribution in [0, 0.1) is 0 Å². The molecule has 0 aliphatic heterocycles. The molecule has 0 atom stereocenters. The molecule has 0 aromatic heterocycles. The highest BCUT2D eigenvalue weighted by atomic mass is 16.5. The van der Waals surface area contributed by atoms with Crippen LogP contribution in [-0.2, 0) is 9.53 Å². The SMILES string of the molecule is C=CC.CC(=O)O.CCOCC. The summed E-state index contributed by atoms with van der Waals surface area (Å²) in [7, 11) is 0. The molecule has 0 aromatic carbocycles. The third-order valence-electron chi connectivity index (χ3n) is 0.408. The molecule has 0 radical (unpaired) electrons. The minimum Gasteiger partial charge on any atom is -0.481 e. The number of hydrogen-bond acceptors (Lipinski definition) is 2. The van der Waals surface area contributed by atoms with Crippen LogP contribution in [0.3, 0.4) is 0 Å². The first-order valence-electron chi connectivity index (χ1n) is 3.90. The molecule has 0 fully saturated rings. The highest BCUT2D eigenvalue weighted by Crippen LogP contribution is 1.64. The quantitative estimate of drug-likeness (QED) is 0.657. The van der Waals surface area contributed by atoms with Gasteiger partial charge >= 0.3 is 0 Å². The van der Waals surface area contributed by atoms with Crippen molar-refractivity contribution in [3.8, 4) is 0 Å². The largest absolute Gasteiger partial charge is 0.481 e. The van der Waals surface area contributed by atoms with Gasteiger partial charge in [0.05, 0.1) is 0 Å². The van der Waals surface area contributed by atoms with Crippen LogP contribution < -0.4 is 0 Å². The van der Waals surface area contributed by atoms with Gasteiger partial charge in [-0.15, -0.1) is 6.58 Å². The topological polar surface area (TPSA) is 46.5 Å². The lowest BCUT2D eigenvalue weighted by Crippen LogP contribution is -1.84. The third-order valence-corrected chi connectivity index (χ3v) is 0.408. The second kappa shape index (κ2) is 22.5. The fourth-order valence-corrected chi connectivity index (χ4v) is 0.204. The van der Waals surface area contributed by atoms with Gasteiger partial charge in [-0.1, -0.05) is 6.08 Å². The molecule has 0 aromatic rings. The first kappa shape index (κ1) is 17.3. The van der Waals surface area contributed by atoms with E-state index in [1.807, 2.05) is 20.8 Å². The predicted molar refractivity (Wildman–Crippen MR) is 51.3 cm³/mol. The fraction of sp³-hybridized carbons (Fsp3) is 0.667. The van der Waals surface area contributed by atoms with Crippen LogP contribution in [0.2, 0.25) is 0 Å². The van der Waals surface area contributed by atoms with Crippen LogP contribution in [0.25, 0.3) is 0 Å². The van der Waals surface area contributed by atoms with Crippen LogP contribution in [-0.4, -0.2) is 24.3 Å². The van der Waals surface area contributed by atoms with Gasteiger partial charge in [-0.05, 0) is 20.8 Å². The molecule has 12 heavy (non-hydrogen) atoms. The second-order valence-corrected chi connectivity index (χ2v) is 1.71. The monoisotopic (exact) mass is 176 g/mol. The molecule has 0 bridgehead atoms. The van der Waals surface area contributed by atoms with E-state index in [1.165, 1.54) is 0 Å². The van der Waals surface area contributed by atoms with Crippen molar-refractivity contribution >= 4 is 5.97 Å². The fourth-order valence-electron chi connectivity index (χ4n) is 0.204. The van der Waals surface area contributed by atoms with Crippen LogP contribution in [0.5, 0.6) is 0 Å². The van der Waals surface area contributed by atoms with E-state index in [0.717, 1.165) is 20.1 Å². The molecule has 0 spiro atoms. The maximum Gasteiger partial charge on any atom is 0.300 e. The van der Waals surface area contributed by atoms with Crippen molar-refractivity contribution in [2.75, 3.05) is 13.2 Å². The number of carbonyl (C=O) groups is 1. The van der Waals surface area contributed by atoms with Crippen LogP contribution >= 0.6 is 0 Å². The van der Waals surface area contributed by atoms with Gasteiger partial charge in [-0.3, -0.25) is 4.79 Å². The lowest BCUT2D eigenvalue weighted by Gasteiger charge is -1.86. The Hall–Kier alpha value is -0.830. The third kappa shape index (κ3) is 447. The molecule has 1 N–H and O–H groups in total. The Morgan fingerprint density at radius 1 is 1.50 bits per heavy atom. The first-order valence-corrected chi connectivity index (χ1v) is 3.90. The van der Waals surface area contributed by atoms with Gasteiger partial charge in [0.15, 0.2) is 0 Å². The summed E-state index contributed by atoms with van der Waals surface area (Å²) < 4.78 is 4.83. The summed E-state index contributed by atoms with van der Waals surface area (Å²) in [6.45, 7) is 12.0. The molecule has 0 saturated carbocycles. The van der Waals surface area contributed by atoms with Crippen molar-refractivity contribution in [3.63, 3.8) is 0 Å². The van der Waals surface area contributed by atoms with E-state index < -0.39 is 5.97 Å². The van der Waals surface area contributed by atoms with Crippen LogP contribution in [0.4, 0.5) is 0 Å². The van der Waals surface area contributed by atoms with Gasteiger partial charge < -0.3 is 9.84 Å². The zero-order valence-electron chi connectivity index (χ0n) is 8.46. The lowest BCUT2D eigenvalue weighted by atomic mass is 10.8. The van der Waals surface area contributed by atoms with Gasteiger partial charge in [0, 0.05) is 20.1 Å². The summed E-state index contributed by atoms with van der Waals surface area (Å²) in [4.78, 5) is 9.00. The predicted octanol–water partition coefficient (Wildman–Crippen LogP) is 2.33. The number of carboxylic acid groups (broad SMARTS) is 1. The van der Waals surface area contributed by atoms with E-state index in [9.17, 15) is 0 Å². The van der Waals surface area contributed by atoms with Crippen molar-refractivity contribution in [1.29, 1.82) is 0 Å². The zero-order chi connectivity index (χ0) is 10.4. The molecule has 0 aliphatic carbocycles. The maximum absolute atomic E-state index is 9.00. The first-order chi connectivity index (χ1) is 5.56. The summed E-state index contributed by atoms with van der Waals surface area (Å²) in [5, 5.41) is 7.42. The Kier molecular flexibility index (Phi) is 32.4. The smallest absolute Gasteiger partial charge is 0.300 e. The molecular weight excluding hydrogens is 156 g/mol. The zero-order valence-corrected chi connectivity index (χ0v) is 8.46. The molecule has 0 heterocycles. The Morgan fingerprint density at radius 2 is 1.67 bits per heavy atom. The van der Waals surface area contributed by atoms with E-state index in [0.29, 0.717) is 0 Å². The number of allylic oxidation sites excluding steroid dienone is 1. The van der Waals surface area contributed by atoms with Crippen molar-refractivity contribution in [2.24, 2.45) is 0 Å². The number of carboxylic acids is 1. The molecular formula is C9H20O3. The molecule has 0 aliphatic rings. The summed E-state index contributed by atoms with van der Waals surface area (Å²) in [5.74, 6) is -0.833. The maximum atomic E-state index is 9.00. The molecule has 0 amide bonds. The summed E-state index contributed by atoms with van der Waals surface area (Å²) in [6.07, 6.45) is 1.75. The van der Waals surface area contributed by atoms with Crippen molar-refractivity contribution in [3.05, 3.63) is 12.7 Å². The average molecular weight is 176 g/mol.